The third-order valence-corrected chi connectivity index (χ3v) is 17.6. The normalized spacial score (nSPS) is 26.4. The summed E-state index contributed by atoms with van der Waals surface area (Å²) in [5.74, 6) is -0.415. The van der Waals surface area contributed by atoms with Crippen LogP contribution in [0.25, 0.3) is 0 Å². The Kier molecular flexibility index (Phi) is 10.7. The van der Waals surface area contributed by atoms with Crippen LogP contribution in [0.1, 0.15) is 58.8 Å². The van der Waals surface area contributed by atoms with Gasteiger partial charge < -0.3 is 19.0 Å². The molecule has 0 amide bonds. The first-order chi connectivity index (χ1) is 23.5. The van der Waals surface area contributed by atoms with Gasteiger partial charge in [-0.2, -0.15) is 0 Å². The first-order valence-corrected chi connectivity index (χ1v) is 21.1. The SMILES string of the molecule is C[C@H]1C[C@@H](CO[Si](c2ccccc2)(c2ccccc2)C(C)(C)C)[C@]2(C[C@@H]1O)O[C@H](c1ccccc1)OC[C@@H]2CCS(=O)(=O)c1ccccc1. The maximum absolute atomic E-state index is 13.6. The summed E-state index contributed by atoms with van der Waals surface area (Å²) < 4.78 is 48.2. The summed E-state index contributed by atoms with van der Waals surface area (Å²) in [4.78, 5) is 0.313. The van der Waals surface area contributed by atoms with Crippen LogP contribution in [-0.4, -0.2) is 52.5 Å². The van der Waals surface area contributed by atoms with Crippen molar-refractivity contribution < 1.29 is 27.4 Å². The number of rotatable bonds is 10. The molecule has 6 nitrogen and oxygen atoms in total. The predicted molar refractivity (Wildman–Crippen MR) is 197 cm³/mol. The molecule has 0 aromatic heterocycles. The summed E-state index contributed by atoms with van der Waals surface area (Å²) in [7, 11) is -6.44. The molecule has 1 aliphatic carbocycles. The predicted octanol–water partition coefficient (Wildman–Crippen LogP) is 6.93. The molecular weight excluding hydrogens is 649 g/mol. The first kappa shape index (κ1) is 35.7. The lowest BCUT2D eigenvalue weighted by atomic mass is 9.63. The lowest BCUT2D eigenvalue weighted by Gasteiger charge is -2.56. The highest BCUT2D eigenvalue weighted by molar-refractivity contribution is 7.91. The van der Waals surface area contributed by atoms with Gasteiger partial charge >= 0.3 is 0 Å². The van der Waals surface area contributed by atoms with Crippen LogP contribution in [0.15, 0.2) is 126 Å². The van der Waals surface area contributed by atoms with Gasteiger partial charge in [0.2, 0.25) is 0 Å². The van der Waals surface area contributed by atoms with Gasteiger partial charge in [0, 0.05) is 30.4 Å². The van der Waals surface area contributed by atoms with Crippen LogP contribution >= 0.6 is 0 Å². The molecule has 0 unspecified atom stereocenters. The Morgan fingerprint density at radius 1 is 0.816 bits per heavy atom. The van der Waals surface area contributed by atoms with E-state index in [1.54, 1.807) is 24.3 Å². The fourth-order valence-electron chi connectivity index (χ4n) is 8.16. The molecule has 4 aromatic rings. The third kappa shape index (κ3) is 7.23. The molecule has 8 heteroatoms. The highest BCUT2D eigenvalue weighted by Crippen LogP contribution is 2.52. The zero-order chi connectivity index (χ0) is 34.7. The Balaban J connectivity index is 1.41. The summed E-state index contributed by atoms with van der Waals surface area (Å²) in [6.45, 7) is 9.65. The van der Waals surface area contributed by atoms with E-state index in [1.165, 1.54) is 10.4 Å². The first-order valence-electron chi connectivity index (χ1n) is 17.5. The van der Waals surface area contributed by atoms with E-state index >= 15 is 0 Å². The maximum atomic E-state index is 13.6. The van der Waals surface area contributed by atoms with Crippen LogP contribution in [-0.2, 0) is 23.7 Å². The maximum Gasteiger partial charge on any atom is 0.261 e. The average Bonchev–Trinajstić information content (AvgIpc) is 3.11. The van der Waals surface area contributed by atoms with Crippen molar-refractivity contribution in [3.63, 3.8) is 0 Å². The van der Waals surface area contributed by atoms with Crippen molar-refractivity contribution in [3.8, 4) is 0 Å². The minimum Gasteiger partial charge on any atom is -0.407 e. The van der Waals surface area contributed by atoms with Crippen LogP contribution in [0, 0.1) is 17.8 Å². The van der Waals surface area contributed by atoms with E-state index in [2.05, 4.69) is 76.2 Å². The third-order valence-electron chi connectivity index (χ3n) is 10.8. The minimum absolute atomic E-state index is 0.0219. The second-order valence-corrected chi connectivity index (χ2v) is 21.3. The molecule has 49 heavy (non-hydrogen) atoms. The summed E-state index contributed by atoms with van der Waals surface area (Å²) in [6, 6.07) is 39.7. The Morgan fingerprint density at radius 3 is 1.90 bits per heavy atom. The van der Waals surface area contributed by atoms with E-state index in [-0.39, 0.29) is 28.5 Å². The quantitative estimate of drug-likeness (QED) is 0.181. The van der Waals surface area contributed by atoms with Gasteiger partial charge in [-0.1, -0.05) is 137 Å². The number of aliphatic hydroxyl groups excluding tert-OH is 1. The van der Waals surface area contributed by atoms with Crippen molar-refractivity contribution in [2.45, 2.75) is 74.9 Å². The molecule has 4 aromatic carbocycles. The van der Waals surface area contributed by atoms with Crippen molar-refractivity contribution in [2.75, 3.05) is 19.0 Å². The van der Waals surface area contributed by atoms with Crippen molar-refractivity contribution in [2.24, 2.45) is 17.8 Å². The number of hydrogen-bond donors (Lipinski definition) is 1. The van der Waals surface area contributed by atoms with Gasteiger partial charge in [-0.25, -0.2) is 8.42 Å². The van der Waals surface area contributed by atoms with Crippen LogP contribution in [0.3, 0.4) is 0 Å². The van der Waals surface area contributed by atoms with E-state index < -0.39 is 36.1 Å². The number of benzene rings is 4. The van der Waals surface area contributed by atoms with Gasteiger partial charge in [0.15, 0.2) is 16.1 Å². The van der Waals surface area contributed by atoms with Gasteiger partial charge in [0.05, 0.1) is 29.0 Å². The molecule has 1 saturated heterocycles. The van der Waals surface area contributed by atoms with E-state index in [4.69, 9.17) is 13.9 Å². The molecule has 1 spiro atoms. The highest BCUT2D eigenvalue weighted by Gasteiger charge is 2.57. The van der Waals surface area contributed by atoms with Gasteiger partial charge in [-0.05, 0) is 46.3 Å². The number of aliphatic hydroxyl groups is 1. The Morgan fingerprint density at radius 2 is 1.35 bits per heavy atom. The van der Waals surface area contributed by atoms with E-state index in [0.29, 0.717) is 37.4 Å². The van der Waals surface area contributed by atoms with Crippen molar-refractivity contribution in [1.82, 2.24) is 0 Å². The largest absolute Gasteiger partial charge is 0.407 e. The van der Waals surface area contributed by atoms with E-state index in [0.717, 1.165) is 5.56 Å². The molecule has 1 saturated carbocycles. The van der Waals surface area contributed by atoms with Crippen molar-refractivity contribution >= 4 is 28.5 Å². The summed E-state index contributed by atoms with van der Waals surface area (Å²) >= 11 is 0. The second kappa shape index (κ2) is 14.6. The van der Waals surface area contributed by atoms with Crippen LogP contribution in [0.4, 0.5) is 0 Å². The molecule has 1 heterocycles. The minimum atomic E-state index is -3.55. The zero-order valence-electron chi connectivity index (χ0n) is 29.1. The molecule has 6 atom stereocenters. The number of ether oxygens (including phenoxy) is 2. The van der Waals surface area contributed by atoms with Crippen LogP contribution in [0.5, 0.6) is 0 Å². The second-order valence-electron chi connectivity index (χ2n) is 14.9. The molecule has 2 fully saturated rings. The van der Waals surface area contributed by atoms with Gasteiger partial charge in [-0.3, -0.25) is 0 Å². The summed E-state index contributed by atoms with van der Waals surface area (Å²) in [6.07, 6.45) is 0.162. The molecule has 1 aliphatic heterocycles. The van der Waals surface area contributed by atoms with Gasteiger partial charge in [0.25, 0.3) is 8.32 Å². The zero-order valence-corrected chi connectivity index (χ0v) is 30.9. The number of sulfone groups is 1. The molecule has 0 radical (unpaired) electrons. The molecule has 6 rings (SSSR count). The lowest BCUT2D eigenvalue weighted by molar-refractivity contribution is -0.322. The Labute approximate surface area is 293 Å². The fraction of sp³-hybridized carbons (Fsp3) is 0.415. The fourth-order valence-corrected chi connectivity index (χ4v) is 14.2. The highest BCUT2D eigenvalue weighted by atomic mass is 32.2. The Hall–Kier alpha value is -3.11. The van der Waals surface area contributed by atoms with Crippen molar-refractivity contribution in [3.05, 3.63) is 127 Å². The molecule has 2 aliphatic rings. The van der Waals surface area contributed by atoms with Gasteiger partial charge in [-0.15, -0.1) is 0 Å². The Bertz CT molecular complexity index is 1710. The van der Waals surface area contributed by atoms with Crippen LogP contribution < -0.4 is 10.4 Å². The van der Waals surface area contributed by atoms with Crippen LogP contribution in [0.2, 0.25) is 5.04 Å². The van der Waals surface area contributed by atoms with E-state index in [1.807, 2.05) is 48.5 Å². The topological polar surface area (TPSA) is 82.1 Å². The monoisotopic (exact) mass is 698 g/mol. The van der Waals surface area contributed by atoms with Crippen molar-refractivity contribution in [1.29, 1.82) is 0 Å². The molecule has 1 N–H and O–H groups in total. The molecular formula is C41H50O6SSi. The average molecular weight is 699 g/mol. The molecule has 0 bridgehead atoms. The van der Waals surface area contributed by atoms with E-state index in [9.17, 15) is 13.5 Å². The summed E-state index contributed by atoms with van der Waals surface area (Å²) in [5.41, 5.74) is 0.0273. The van der Waals surface area contributed by atoms with Gasteiger partial charge in [0.1, 0.15) is 0 Å². The summed E-state index contributed by atoms with van der Waals surface area (Å²) in [5, 5.41) is 13.7. The number of hydrogen-bond acceptors (Lipinski definition) is 6. The smallest absolute Gasteiger partial charge is 0.261 e. The molecule has 260 valence electrons. The lowest BCUT2D eigenvalue weighted by Crippen LogP contribution is -2.68. The standard InChI is InChI=1S/C41H50O6SSi/c1-31-27-34(30-46-49(40(2,3)4,36-21-13-7-14-22-36)37-23-15-8-16-24-37)41(28-38(31)42)33(25-26-48(43,44)35-19-11-6-12-20-35)29-45-39(47-41)32-17-9-5-10-18-32/h5-24,31,33-34,38-39,42H,25-30H2,1-4H3/t31-,33-,34-,38-,39+,41+/m0/s1.